The Balaban J connectivity index is 2.19. The number of hydrogen-bond acceptors (Lipinski definition) is 3. The number of carbonyl (C=O) groups is 2. The van der Waals surface area contributed by atoms with Crippen molar-refractivity contribution in [2.24, 2.45) is 0 Å². The molecule has 4 nitrogen and oxygen atoms in total. The van der Waals surface area contributed by atoms with Gasteiger partial charge in [-0.05, 0) is 31.9 Å². The molecular weight excluding hydrogens is 230 g/mol. The van der Waals surface area contributed by atoms with Crippen molar-refractivity contribution in [3.05, 3.63) is 35.4 Å². The summed E-state index contributed by atoms with van der Waals surface area (Å²) in [6.07, 6.45) is 0.639. The summed E-state index contributed by atoms with van der Waals surface area (Å²) >= 11 is 0. The maximum absolute atomic E-state index is 12.2. The smallest absolute Gasteiger partial charge is 0.260 e. The highest BCUT2D eigenvalue weighted by Gasteiger charge is 2.31. The van der Waals surface area contributed by atoms with Crippen LogP contribution in [0.25, 0.3) is 0 Å². The Morgan fingerprint density at radius 1 is 1.28 bits per heavy atom. The van der Waals surface area contributed by atoms with Gasteiger partial charge in [-0.2, -0.15) is 0 Å². The lowest BCUT2D eigenvalue weighted by Crippen LogP contribution is -2.44. The van der Waals surface area contributed by atoms with Crippen molar-refractivity contribution in [2.75, 3.05) is 6.54 Å². The summed E-state index contributed by atoms with van der Waals surface area (Å²) in [7, 11) is 0. The van der Waals surface area contributed by atoms with Crippen LogP contribution in [0.2, 0.25) is 0 Å². The molecule has 0 bridgehead atoms. The fourth-order valence-electron chi connectivity index (χ4n) is 2.01. The fourth-order valence-corrected chi connectivity index (χ4v) is 2.01. The zero-order chi connectivity index (χ0) is 13.3. The molecule has 0 aliphatic carbocycles. The second-order valence-electron chi connectivity index (χ2n) is 5.25. The predicted molar refractivity (Wildman–Crippen MR) is 67.1 cm³/mol. The molecule has 0 saturated carbocycles. The highest BCUT2D eigenvalue weighted by molar-refractivity contribution is 6.09. The van der Waals surface area contributed by atoms with Gasteiger partial charge in [-0.3, -0.25) is 14.5 Å². The van der Waals surface area contributed by atoms with Crippen LogP contribution in [-0.2, 0) is 11.2 Å². The molecule has 1 aliphatic heterocycles. The topological polar surface area (TPSA) is 57.6 Å². The molecule has 1 N–H and O–H groups in total. The van der Waals surface area contributed by atoms with Crippen LogP contribution in [0, 0.1) is 0 Å². The first-order chi connectivity index (χ1) is 8.38. The van der Waals surface area contributed by atoms with Crippen LogP contribution in [0.5, 0.6) is 0 Å². The molecule has 0 radical (unpaired) electrons. The van der Waals surface area contributed by atoms with Crippen molar-refractivity contribution in [1.82, 2.24) is 4.90 Å². The van der Waals surface area contributed by atoms with E-state index in [4.69, 9.17) is 0 Å². The Morgan fingerprint density at radius 3 is 2.61 bits per heavy atom. The lowest BCUT2D eigenvalue weighted by atomic mass is 9.97. The van der Waals surface area contributed by atoms with E-state index in [2.05, 4.69) is 0 Å². The van der Waals surface area contributed by atoms with Crippen LogP contribution in [0.3, 0.4) is 0 Å². The fraction of sp³-hybridized carbons (Fsp3) is 0.429. The van der Waals surface area contributed by atoms with Crippen molar-refractivity contribution in [3.63, 3.8) is 0 Å². The van der Waals surface area contributed by atoms with Crippen molar-refractivity contribution in [2.45, 2.75) is 32.3 Å². The van der Waals surface area contributed by atoms with Gasteiger partial charge in [-0.15, -0.1) is 0 Å². The van der Waals surface area contributed by atoms with Crippen molar-refractivity contribution >= 4 is 11.8 Å². The number of benzene rings is 1. The SMILES string of the molecule is CC(C)(O)CCN1C(=O)Cc2ccccc2C1=O. The van der Waals surface area contributed by atoms with Crippen LogP contribution in [-0.4, -0.2) is 34.0 Å². The van der Waals surface area contributed by atoms with Gasteiger partial charge in [0.15, 0.2) is 0 Å². The van der Waals surface area contributed by atoms with E-state index in [0.717, 1.165) is 5.56 Å². The first-order valence-electron chi connectivity index (χ1n) is 6.03. The van der Waals surface area contributed by atoms with Crippen molar-refractivity contribution in [1.29, 1.82) is 0 Å². The van der Waals surface area contributed by atoms with Crippen LogP contribution < -0.4 is 0 Å². The molecule has 4 heteroatoms. The zero-order valence-corrected chi connectivity index (χ0v) is 10.6. The predicted octanol–water partition coefficient (Wildman–Crippen LogP) is 1.37. The molecule has 2 rings (SSSR count). The van der Waals surface area contributed by atoms with E-state index in [1.54, 1.807) is 32.0 Å². The first-order valence-corrected chi connectivity index (χ1v) is 6.03. The van der Waals surface area contributed by atoms with Gasteiger partial charge < -0.3 is 5.11 Å². The maximum atomic E-state index is 12.2. The molecule has 0 saturated heterocycles. The minimum absolute atomic E-state index is 0.192. The summed E-state index contributed by atoms with van der Waals surface area (Å²) in [6.45, 7) is 3.59. The van der Waals surface area contributed by atoms with Gasteiger partial charge in [0.25, 0.3) is 5.91 Å². The zero-order valence-electron chi connectivity index (χ0n) is 10.6. The first kappa shape index (κ1) is 12.8. The number of rotatable bonds is 3. The number of aliphatic hydroxyl groups is 1. The van der Waals surface area contributed by atoms with Gasteiger partial charge in [-0.1, -0.05) is 18.2 Å². The molecule has 0 fully saturated rings. The number of nitrogens with zero attached hydrogens (tertiary/aromatic N) is 1. The Kier molecular flexibility index (Phi) is 3.22. The standard InChI is InChI=1S/C14H17NO3/c1-14(2,18)7-8-15-12(16)9-10-5-3-4-6-11(10)13(15)17/h3-6,18H,7-9H2,1-2H3. The summed E-state index contributed by atoms with van der Waals surface area (Å²) < 4.78 is 0. The molecule has 1 aliphatic rings. The molecule has 0 atom stereocenters. The maximum Gasteiger partial charge on any atom is 0.260 e. The molecule has 1 aromatic carbocycles. The highest BCUT2D eigenvalue weighted by Crippen LogP contribution is 2.20. The number of fused-ring (bicyclic) bond motifs is 1. The largest absolute Gasteiger partial charge is 0.390 e. The highest BCUT2D eigenvalue weighted by atomic mass is 16.3. The molecule has 1 aromatic rings. The van der Waals surface area contributed by atoms with Gasteiger partial charge in [0.1, 0.15) is 0 Å². The summed E-state index contributed by atoms with van der Waals surface area (Å²) in [5, 5.41) is 9.67. The molecule has 96 valence electrons. The molecule has 1 heterocycles. The Bertz CT molecular complexity index is 488. The van der Waals surface area contributed by atoms with Crippen molar-refractivity contribution in [3.8, 4) is 0 Å². The second kappa shape index (κ2) is 4.53. The summed E-state index contributed by atoms with van der Waals surface area (Å²) in [5.74, 6) is -0.450. The number of amides is 2. The van der Waals surface area contributed by atoms with E-state index in [9.17, 15) is 14.7 Å². The minimum Gasteiger partial charge on any atom is -0.390 e. The molecular formula is C14H17NO3. The van der Waals surface area contributed by atoms with Gasteiger partial charge >= 0.3 is 0 Å². The van der Waals surface area contributed by atoms with Crippen LogP contribution in [0.15, 0.2) is 24.3 Å². The summed E-state index contributed by atoms with van der Waals surface area (Å²) in [6, 6.07) is 7.16. The van der Waals surface area contributed by atoms with Crippen molar-refractivity contribution < 1.29 is 14.7 Å². The van der Waals surface area contributed by atoms with E-state index in [-0.39, 0.29) is 24.8 Å². The van der Waals surface area contributed by atoms with Crippen LogP contribution >= 0.6 is 0 Å². The van der Waals surface area contributed by atoms with E-state index >= 15 is 0 Å². The van der Waals surface area contributed by atoms with E-state index in [1.807, 2.05) is 6.07 Å². The van der Waals surface area contributed by atoms with Gasteiger partial charge in [0, 0.05) is 12.1 Å². The Labute approximate surface area is 106 Å². The third-order valence-corrected chi connectivity index (χ3v) is 3.08. The molecule has 18 heavy (non-hydrogen) atoms. The minimum atomic E-state index is -0.877. The number of carbonyl (C=O) groups excluding carboxylic acids is 2. The summed E-state index contributed by atoms with van der Waals surface area (Å²) in [5.41, 5.74) is 0.497. The van der Waals surface area contributed by atoms with Gasteiger partial charge in [0.2, 0.25) is 5.91 Å². The van der Waals surface area contributed by atoms with E-state index in [0.29, 0.717) is 12.0 Å². The Morgan fingerprint density at radius 2 is 1.94 bits per heavy atom. The summed E-state index contributed by atoms with van der Waals surface area (Å²) in [4.78, 5) is 25.3. The van der Waals surface area contributed by atoms with Crippen LogP contribution in [0.1, 0.15) is 36.2 Å². The molecule has 2 amide bonds. The Hall–Kier alpha value is -1.68. The third kappa shape index (κ3) is 2.59. The monoisotopic (exact) mass is 247 g/mol. The number of hydrogen-bond donors (Lipinski definition) is 1. The lowest BCUT2D eigenvalue weighted by molar-refractivity contribution is -0.128. The normalized spacial score (nSPS) is 15.8. The average Bonchev–Trinajstić information content (AvgIpc) is 2.27. The van der Waals surface area contributed by atoms with Crippen LogP contribution in [0.4, 0.5) is 0 Å². The molecule has 0 aromatic heterocycles. The van der Waals surface area contributed by atoms with E-state index < -0.39 is 5.60 Å². The lowest BCUT2D eigenvalue weighted by Gasteiger charge is -2.29. The van der Waals surface area contributed by atoms with Gasteiger partial charge in [0.05, 0.1) is 12.0 Å². The van der Waals surface area contributed by atoms with Gasteiger partial charge in [-0.25, -0.2) is 0 Å². The average molecular weight is 247 g/mol. The third-order valence-electron chi connectivity index (χ3n) is 3.08. The van der Waals surface area contributed by atoms with E-state index in [1.165, 1.54) is 4.90 Å². The second-order valence-corrected chi connectivity index (χ2v) is 5.25. The quantitative estimate of drug-likeness (QED) is 0.821. The molecule has 0 unspecified atom stereocenters. The molecule has 0 spiro atoms. The number of imide groups is 1.